The van der Waals surface area contributed by atoms with Crippen LogP contribution in [0.3, 0.4) is 0 Å². The average Bonchev–Trinajstić information content (AvgIpc) is 2.77. The summed E-state index contributed by atoms with van der Waals surface area (Å²) in [6.45, 7) is 3.94. The van der Waals surface area contributed by atoms with Gasteiger partial charge in [0.05, 0.1) is 13.2 Å². The molecule has 32 heavy (non-hydrogen) atoms. The number of Topliss-reactive ketones (excluding diaryl/α,β-unsaturated/α-hetero) is 1. The maximum atomic E-state index is 13.3. The van der Waals surface area contributed by atoms with E-state index in [4.69, 9.17) is 5.11 Å². The number of aliphatic imine (C=N–C) groups is 1. The predicted octanol–water partition coefficient (Wildman–Crippen LogP) is 0.822. The molecule has 1 fully saturated rings. The fourth-order valence-electron chi connectivity index (χ4n) is 3.88. The molecule has 9 heteroatoms. The van der Waals surface area contributed by atoms with Gasteiger partial charge in [-0.1, -0.05) is 12.1 Å². The molecule has 8 nitrogen and oxygen atoms in total. The molecule has 0 aromatic heterocycles. The predicted molar refractivity (Wildman–Crippen MR) is 117 cm³/mol. The molecule has 2 amide bonds. The largest absolute Gasteiger partial charge is 0.395 e. The molecule has 1 aromatic rings. The lowest BCUT2D eigenvalue weighted by molar-refractivity contribution is -0.128. The fraction of sp³-hybridized carbons (Fsp3) is 0.391. The summed E-state index contributed by atoms with van der Waals surface area (Å²) in [6, 6.07) is 6.10. The topological polar surface area (TPSA) is 102 Å². The number of carbonyl (C=O) groups is 3. The Morgan fingerprint density at radius 3 is 2.59 bits per heavy atom. The number of nitrogens with one attached hydrogen (secondary N) is 1. The quantitative estimate of drug-likeness (QED) is 0.658. The van der Waals surface area contributed by atoms with Crippen LogP contribution in [0.1, 0.15) is 19.4 Å². The van der Waals surface area contributed by atoms with Crippen molar-refractivity contribution >= 4 is 23.8 Å². The summed E-state index contributed by atoms with van der Waals surface area (Å²) in [6.07, 6.45) is 1.98. The minimum atomic E-state index is -0.552. The lowest BCUT2D eigenvalue weighted by Gasteiger charge is -2.40. The highest BCUT2D eigenvalue weighted by molar-refractivity contribution is 6.20. The summed E-state index contributed by atoms with van der Waals surface area (Å²) in [5, 5.41) is 11.5. The number of carbonyl (C=O) groups excluding carboxylic acids is 3. The van der Waals surface area contributed by atoms with Crippen LogP contribution in [-0.4, -0.2) is 78.0 Å². The summed E-state index contributed by atoms with van der Waals surface area (Å²) in [7, 11) is 0. The minimum absolute atomic E-state index is 0.00760. The number of piperazine rings is 1. The first-order valence-corrected chi connectivity index (χ1v) is 10.4. The van der Waals surface area contributed by atoms with E-state index in [0.29, 0.717) is 31.8 Å². The summed E-state index contributed by atoms with van der Waals surface area (Å²) in [5.41, 5.74) is 2.85. The second kappa shape index (κ2) is 10.3. The molecule has 2 aliphatic rings. The minimum Gasteiger partial charge on any atom is -0.395 e. The van der Waals surface area contributed by atoms with E-state index >= 15 is 0 Å². The van der Waals surface area contributed by atoms with Crippen LogP contribution in [0.4, 0.5) is 4.39 Å². The Morgan fingerprint density at radius 1 is 1.22 bits per heavy atom. The molecule has 0 unspecified atom stereocenters. The van der Waals surface area contributed by atoms with E-state index < -0.39 is 11.7 Å². The molecule has 1 saturated heterocycles. The Balaban J connectivity index is 2.05. The first kappa shape index (κ1) is 23.3. The van der Waals surface area contributed by atoms with Crippen molar-refractivity contribution < 1.29 is 23.9 Å². The third kappa shape index (κ3) is 5.28. The van der Waals surface area contributed by atoms with Crippen LogP contribution in [0, 0.1) is 5.82 Å². The van der Waals surface area contributed by atoms with Crippen LogP contribution < -0.4 is 5.32 Å². The summed E-state index contributed by atoms with van der Waals surface area (Å²) < 4.78 is 13.3. The Bertz CT molecular complexity index is 998. The van der Waals surface area contributed by atoms with Gasteiger partial charge in [-0.05, 0) is 30.2 Å². The van der Waals surface area contributed by atoms with E-state index in [0.717, 1.165) is 16.8 Å². The van der Waals surface area contributed by atoms with Gasteiger partial charge in [0.2, 0.25) is 5.91 Å². The second-order valence-corrected chi connectivity index (χ2v) is 7.70. The number of halogens is 1. The zero-order chi connectivity index (χ0) is 23.3. The van der Waals surface area contributed by atoms with Crippen LogP contribution in [0.25, 0.3) is 0 Å². The van der Waals surface area contributed by atoms with Gasteiger partial charge in [0.1, 0.15) is 17.9 Å². The van der Waals surface area contributed by atoms with Crippen molar-refractivity contribution in [2.45, 2.75) is 20.3 Å². The molecule has 0 saturated carbocycles. The highest BCUT2D eigenvalue weighted by atomic mass is 19.1. The fourth-order valence-corrected chi connectivity index (χ4v) is 3.88. The number of hydrogen-bond donors (Lipinski definition) is 2. The summed E-state index contributed by atoms with van der Waals surface area (Å²) in [4.78, 5) is 45.7. The lowest BCUT2D eigenvalue weighted by Crippen LogP contribution is -2.47. The standard InChI is InChI=1S/C23H27FN4O4/c1-15-22(23(32)26-7-10-29)21(31)13-25-12-18(11-17-3-5-19(24)6-4-17)20-14-27(15)8-9-28(20)16(2)30/h3-6,12,29H,7-11,13-14H2,1-2H3,(H,26,32)/b20-18+,22-15+,25-12?. The van der Waals surface area contributed by atoms with Gasteiger partial charge in [-0.2, -0.15) is 0 Å². The number of aliphatic hydroxyl groups is 1. The van der Waals surface area contributed by atoms with E-state index in [-0.39, 0.29) is 37.0 Å². The van der Waals surface area contributed by atoms with Gasteiger partial charge in [0.15, 0.2) is 5.78 Å². The number of ketones is 1. The Kier molecular flexibility index (Phi) is 7.53. The van der Waals surface area contributed by atoms with Crippen molar-refractivity contribution in [3.05, 3.63) is 58.2 Å². The maximum absolute atomic E-state index is 13.3. The second-order valence-electron chi connectivity index (χ2n) is 7.70. The van der Waals surface area contributed by atoms with E-state index in [1.54, 1.807) is 30.2 Å². The van der Waals surface area contributed by atoms with Gasteiger partial charge in [-0.15, -0.1) is 0 Å². The van der Waals surface area contributed by atoms with Crippen molar-refractivity contribution in [2.24, 2.45) is 4.99 Å². The molecule has 0 atom stereocenters. The first-order chi connectivity index (χ1) is 15.3. The van der Waals surface area contributed by atoms with Gasteiger partial charge in [0.25, 0.3) is 5.91 Å². The van der Waals surface area contributed by atoms with Crippen LogP contribution in [0.2, 0.25) is 0 Å². The Hall–Kier alpha value is -3.33. The van der Waals surface area contributed by atoms with Gasteiger partial charge < -0.3 is 20.2 Å². The molecule has 0 radical (unpaired) electrons. The molecule has 0 spiro atoms. The number of hydrogen-bond acceptors (Lipinski definition) is 6. The number of allylic oxidation sites excluding steroid dienone is 2. The van der Waals surface area contributed by atoms with Crippen molar-refractivity contribution in [1.29, 1.82) is 0 Å². The molecule has 1 aromatic carbocycles. The summed E-state index contributed by atoms with van der Waals surface area (Å²) in [5.74, 6) is -1.42. The molecular weight excluding hydrogens is 415 g/mol. The normalized spacial score (nSPS) is 21.6. The van der Waals surface area contributed by atoms with Gasteiger partial charge in [0, 0.05) is 50.6 Å². The lowest BCUT2D eigenvalue weighted by atomic mass is 10.00. The molecule has 3 rings (SSSR count). The number of rotatable bonds is 5. The zero-order valence-electron chi connectivity index (χ0n) is 18.2. The third-order valence-corrected chi connectivity index (χ3v) is 5.54. The molecule has 170 valence electrons. The van der Waals surface area contributed by atoms with Gasteiger partial charge >= 0.3 is 0 Å². The van der Waals surface area contributed by atoms with E-state index in [9.17, 15) is 18.8 Å². The number of benzene rings is 1. The van der Waals surface area contributed by atoms with Crippen molar-refractivity contribution in [2.75, 3.05) is 39.3 Å². The van der Waals surface area contributed by atoms with E-state index in [1.165, 1.54) is 19.1 Å². The van der Waals surface area contributed by atoms with E-state index in [1.807, 2.05) is 4.90 Å². The number of nitrogens with zero attached hydrogens (tertiary/aromatic N) is 3. The number of fused-ring (bicyclic) bond motifs is 2. The molecule has 0 aliphatic carbocycles. The summed E-state index contributed by atoms with van der Waals surface area (Å²) >= 11 is 0. The molecular formula is C23H27FN4O4. The van der Waals surface area contributed by atoms with Crippen molar-refractivity contribution in [1.82, 2.24) is 15.1 Å². The molecule has 2 aliphatic heterocycles. The van der Waals surface area contributed by atoms with E-state index in [2.05, 4.69) is 10.3 Å². The smallest absolute Gasteiger partial charge is 0.256 e. The Morgan fingerprint density at radius 2 is 1.94 bits per heavy atom. The van der Waals surface area contributed by atoms with Gasteiger partial charge in [-0.3, -0.25) is 19.4 Å². The molecule has 2 heterocycles. The zero-order valence-corrected chi connectivity index (χ0v) is 18.2. The number of aliphatic hydroxyl groups excluding tert-OH is 1. The Labute approximate surface area is 186 Å². The van der Waals surface area contributed by atoms with Crippen LogP contribution in [0.15, 0.2) is 51.8 Å². The molecule has 2 N–H and O–H groups in total. The van der Waals surface area contributed by atoms with Crippen LogP contribution >= 0.6 is 0 Å². The first-order valence-electron chi connectivity index (χ1n) is 10.4. The van der Waals surface area contributed by atoms with Crippen LogP contribution in [0.5, 0.6) is 0 Å². The SMILES string of the molecule is CC(=O)N1CCN2C/C1=C(/Cc1ccc(F)cc1)C=NCC(=O)/C(C(=O)NCCO)=C\2C. The van der Waals surface area contributed by atoms with Gasteiger partial charge in [-0.25, -0.2) is 4.39 Å². The van der Waals surface area contributed by atoms with Crippen LogP contribution in [-0.2, 0) is 20.8 Å². The monoisotopic (exact) mass is 442 g/mol. The number of amides is 2. The highest BCUT2D eigenvalue weighted by Crippen LogP contribution is 2.25. The molecule has 2 bridgehead atoms. The third-order valence-electron chi connectivity index (χ3n) is 5.54. The maximum Gasteiger partial charge on any atom is 0.256 e. The highest BCUT2D eigenvalue weighted by Gasteiger charge is 2.30. The van der Waals surface area contributed by atoms with Crippen molar-refractivity contribution in [3.8, 4) is 0 Å². The average molecular weight is 442 g/mol. The van der Waals surface area contributed by atoms with Crippen molar-refractivity contribution in [3.63, 3.8) is 0 Å².